The Morgan fingerprint density at radius 2 is 1.42 bits per heavy atom. The predicted molar refractivity (Wildman–Crippen MR) is 93.6 cm³/mol. The van der Waals surface area contributed by atoms with Crippen LogP contribution in [0.4, 0.5) is 0 Å². The van der Waals surface area contributed by atoms with Crippen LogP contribution in [0, 0.1) is 0 Å². The monoisotopic (exact) mass is 368 g/mol. The normalized spacial score (nSPS) is 17.5. The molecule has 0 bridgehead atoms. The summed E-state index contributed by atoms with van der Waals surface area (Å²) in [5.41, 5.74) is -1.33. The fourth-order valence-corrected chi connectivity index (χ4v) is 4.97. The summed E-state index contributed by atoms with van der Waals surface area (Å²) in [6.45, 7) is 8.92. The minimum atomic E-state index is -3.39. The van der Waals surface area contributed by atoms with Crippen molar-refractivity contribution in [2.45, 2.75) is 64.8 Å². The zero-order valence-corrected chi connectivity index (χ0v) is 17.5. The summed E-state index contributed by atoms with van der Waals surface area (Å²) in [6, 6.07) is 0. The van der Waals surface area contributed by atoms with Crippen LogP contribution in [0.15, 0.2) is 0 Å². The summed E-state index contributed by atoms with van der Waals surface area (Å²) in [5.74, 6) is 0. The van der Waals surface area contributed by atoms with Crippen molar-refractivity contribution in [1.29, 1.82) is 0 Å². The van der Waals surface area contributed by atoms with Gasteiger partial charge in [0.2, 0.25) is 0 Å². The average Bonchev–Trinajstić information content (AvgIpc) is 2.62. The Morgan fingerprint density at radius 3 is 1.79 bits per heavy atom. The zero-order valence-electron chi connectivity index (χ0n) is 16.5. The topological polar surface area (TPSA) is 64.6 Å². The third kappa shape index (κ3) is 5.47. The first kappa shape index (κ1) is 23.9. The maximum absolute atomic E-state index is 6.25. The molecule has 0 aromatic heterocycles. The predicted octanol–water partition coefficient (Wildman–Crippen LogP) is 2.74. The van der Waals surface area contributed by atoms with E-state index in [2.05, 4.69) is 0 Å². The first-order chi connectivity index (χ1) is 11.5. The van der Waals surface area contributed by atoms with Gasteiger partial charge >= 0.3 is 8.80 Å². The van der Waals surface area contributed by atoms with Gasteiger partial charge in [-0.3, -0.25) is 0 Å². The molecule has 3 atom stereocenters. The largest absolute Gasteiger partial charge is 0.566 e. The van der Waals surface area contributed by atoms with Gasteiger partial charge in [0.15, 0.2) is 6.29 Å². The van der Waals surface area contributed by atoms with Gasteiger partial charge in [-0.05, 0) is 26.2 Å². The quantitative estimate of drug-likeness (QED) is 0.325. The molecule has 0 aliphatic heterocycles. The maximum atomic E-state index is 6.25. The highest BCUT2D eigenvalue weighted by atomic mass is 28.4. The van der Waals surface area contributed by atoms with Crippen molar-refractivity contribution in [1.82, 2.24) is 0 Å². The van der Waals surface area contributed by atoms with Crippen LogP contribution in [-0.2, 0) is 32.2 Å². The summed E-state index contributed by atoms with van der Waals surface area (Å²) in [5, 5.41) is 0. The molecule has 0 radical (unpaired) electrons. The van der Waals surface area contributed by atoms with E-state index in [1.807, 2.05) is 27.7 Å². The van der Waals surface area contributed by atoms with E-state index in [9.17, 15) is 0 Å². The number of ether oxygens (including phenoxy) is 4. The third-order valence-electron chi connectivity index (χ3n) is 3.76. The van der Waals surface area contributed by atoms with Crippen molar-refractivity contribution < 1.29 is 32.2 Å². The Hall–Kier alpha value is -0.0631. The summed E-state index contributed by atoms with van der Waals surface area (Å²) in [7, 11) is 2.80. The van der Waals surface area contributed by atoms with Gasteiger partial charge in [-0.15, -0.1) is 0 Å². The van der Waals surface area contributed by atoms with E-state index < -0.39 is 26.6 Å². The van der Waals surface area contributed by atoms with Crippen LogP contribution in [0.3, 0.4) is 0 Å². The second kappa shape index (κ2) is 12.3. The molecule has 0 aliphatic carbocycles. The van der Waals surface area contributed by atoms with E-state index in [-0.39, 0.29) is 0 Å². The molecule has 0 N–H and O–H groups in total. The van der Waals surface area contributed by atoms with Crippen LogP contribution in [0.1, 0.15) is 47.0 Å². The molecular formula is C16H36O7Si. The van der Waals surface area contributed by atoms with Gasteiger partial charge in [-0.1, -0.05) is 20.8 Å². The number of methoxy groups -OCH3 is 1. The smallest absolute Gasteiger partial charge is 0.374 e. The van der Waals surface area contributed by atoms with E-state index in [1.54, 1.807) is 7.11 Å². The molecule has 0 saturated heterocycles. The first-order valence-corrected chi connectivity index (χ1v) is 10.3. The minimum Gasteiger partial charge on any atom is -0.374 e. The Bertz CT molecular complexity index is 303. The van der Waals surface area contributed by atoms with Gasteiger partial charge in [-0.25, -0.2) is 0 Å². The second-order valence-electron chi connectivity index (χ2n) is 5.39. The fraction of sp³-hybridized carbons (Fsp3) is 1.00. The molecule has 0 rings (SSSR count). The summed E-state index contributed by atoms with van der Waals surface area (Å²) >= 11 is 0. The third-order valence-corrected chi connectivity index (χ3v) is 6.90. The maximum Gasteiger partial charge on any atom is 0.566 e. The second-order valence-corrected chi connectivity index (χ2v) is 8.42. The first-order valence-electron chi connectivity index (χ1n) is 8.58. The van der Waals surface area contributed by atoms with Crippen LogP contribution in [-0.4, -0.2) is 68.3 Å². The Kier molecular flexibility index (Phi) is 12.3. The molecule has 0 heterocycles. The zero-order chi connectivity index (χ0) is 18.6. The molecule has 0 spiro atoms. The molecule has 3 unspecified atom stereocenters. The van der Waals surface area contributed by atoms with Crippen LogP contribution in [0.25, 0.3) is 0 Å². The van der Waals surface area contributed by atoms with E-state index >= 15 is 0 Å². The van der Waals surface area contributed by atoms with Crippen molar-refractivity contribution in [3.05, 3.63) is 0 Å². The van der Waals surface area contributed by atoms with Gasteiger partial charge in [0, 0.05) is 41.7 Å². The van der Waals surface area contributed by atoms with Crippen LogP contribution >= 0.6 is 0 Å². The van der Waals surface area contributed by atoms with Gasteiger partial charge in [-0.2, -0.15) is 0 Å². The van der Waals surface area contributed by atoms with Gasteiger partial charge in [0.25, 0.3) is 5.41 Å². The molecule has 146 valence electrons. The highest BCUT2D eigenvalue weighted by Crippen LogP contribution is 2.35. The molecule has 0 aromatic rings. The highest BCUT2D eigenvalue weighted by molar-refractivity contribution is 6.63. The number of hydrogen-bond acceptors (Lipinski definition) is 7. The lowest BCUT2D eigenvalue weighted by Crippen LogP contribution is -2.72. The molecule has 0 fully saturated rings. The summed E-state index contributed by atoms with van der Waals surface area (Å²) in [4.78, 5) is 0. The van der Waals surface area contributed by atoms with Crippen molar-refractivity contribution >= 4 is 8.80 Å². The van der Waals surface area contributed by atoms with Crippen LogP contribution < -0.4 is 0 Å². The van der Waals surface area contributed by atoms with Crippen molar-refractivity contribution in [2.75, 3.05) is 41.7 Å². The molecule has 0 amide bonds. The van der Waals surface area contributed by atoms with E-state index in [1.165, 1.54) is 21.3 Å². The SMILES string of the molecule is CCCOC(C)C(OCCC)(OC(CC)OC)[Si](OC)(OC)OC. The minimum absolute atomic E-state index is 0.449. The molecular weight excluding hydrogens is 332 g/mol. The molecule has 0 aliphatic rings. The van der Waals surface area contributed by atoms with E-state index in [4.69, 9.17) is 32.2 Å². The lowest BCUT2D eigenvalue weighted by molar-refractivity contribution is -0.322. The fourth-order valence-electron chi connectivity index (χ4n) is 2.48. The summed E-state index contributed by atoms with van der Waals surface area (Å²) < 4.78 is 40.9. The van der Waals surface area contributed by atoms with Crippen LogP contribution in [0.5, 0.6) is 0 Å². The van der Waals surface area contributed by atoms with Crippen molar-refractivity contribution in [2.24, 2.45) is 0 Å². The average molecular weight is 369 g/mol. The van der Waals surface area contributed by atoms with Crippen molar-refractivity contribution in [3.8, 4) is 0 Å². The van der Waals surface area contributed by atoms with Gasteiger partial charge in [0.05, 0.1) is 0 Å². The molecule has 8 heteroatoms. The van der Waals surface area contributed by atoms with E-state index in [0.717, 1.165) is 12.8 Å². The lowest BCUT2D eigenvalue weighted by Gasteiger charge is -2.46. The standard InChI is InChI=1S/C16H36O7Si/c1-9-12-21-14(4)16(22-13-10-2,23-15(11-3)17-5)24(18-6,19-7)20-8/h14-15H,9-13H2,1-8H3. The molecule has 7 nitrogen and oxygen atoms in total. The Labute approximate surface area is 148 Å². The van der Waals surface area contributed by atoms with Crippen molar-refractivity contribution in [3.63, 3.8) is 0 Å². The Morgan fingerprint density at radius 1 is 0.875 bits per heavy atom. The highest BCUT2D eigenvalue weighted by Gasteiger charge is 2.67. The Balaban J connectivity index is 5.97. The lowest BCUT2D eigenvalue weighted by atomic mass is 10.3. The molecule has 0 saturated carbocycles. The molecule has 0 aromatic carbocycles. The number of rotatable bonds is 15. The van der Waals surface area contributed by atoms with E-state index in [0.29, 0.717) is 19.6 Å². The number of hydrogen-bond donors (Lipinski definition) is 0. The van der Waals surface area contributed by atoms with Gasteiger partial charge < -0.3 is 32.2 Å². The van der Waals surface area contributed by atoms with Gasteiger partial charge in [0.1, 0.15) is 6.10 Å². The summed E-state index contributed by atoms with van der Waals surface area (Å²) in [6.07, 6.45) is 1.34. The molecule has 24 heavy (non-hydrogen) atoms. The van der Waals surface area contributed by atoms with Crippen LogP contribution in [0.2, 0.25) is 0 Å².